The van der Waals surface area contributed by atoms with Crippen molar-refractivity contribution in [3.05, 3.63) is 47.8 Å². The molecule has 1 aliphatic rings. The summed E-state index contributed by atoms with van der Waals surface area (Å²) in [7, 11) is -4.09. The van der Waals surface area contributed by atoms with Crippen LogP contribution >= 0.6 is 0 Å². The summed E-state index contributed by atoms with van der Waals surface area (Å²) in [5, 5.41) is 7.27. The van der Waals surface area contributed by atoms with Gasteiger partial charge in [-0.25, -0.2) is 12.8 Å². The Kier molecular flexibility index (Phi) is 8.28. The number of sulfonamides is 1. The molecule has 1 aromatic carbocycles. The lowest BCUT2D eigenvalue weighted by molar-refractivity contribution is 0.00393. The fourth-order valence-corrected chi connectivity index (χ4v) is 5.13. The van der Waals surface area contributed by atoms with Crippen molar-refractivity contribution in [3.8, 4) is 17.1 Å². The minimum atomic E-state index is -4.09. The highest BCUT2D eigenvalue weighted by atomic mass is 32.2. The summed E-state index contributed by atoms with van der Waals surface area (Å²) in [6.07, 6.45) is 1.83. The largest absolute Gasteiger partial charge is 0.491 e. The Hall–Kier alpha value is -3.16. The maximum absolute atomic E-state index is 14.2. The number of rotatable bonds is 10. The van der Waals surface area contributed by atoms with E-state index < -0.39 is 33.2 Å². The molecule has 38 heavy (non-hydrogen) atoms. The molecule has 0 aliphatic carbocycles. The summed E-state index contributed by atoms with van der Waals surface area (Å²) in [6.45, 7) is 11.1. The minimum Gasteiger partial charge on any atom is -0.491 e. The number of fused-ring (bicyclic) bond motifs is 3. The van der Waals surface area contributed by atoms with Crippen LogP contribution in [-0.4, -0.2) is 63.8 Å². The van der Waals surface area contributed by atoms with Crippen molar-refractivity contribution >= 4 is 16.0 Å². The van der Waals surface area contributed by atoms with E-state index >= 15 is 0 Å². The van der Waals surface area contributed by atoms with Crippen LogP contribution < -0.4 is 9.46 Å². The van der Waals surface area contributed by atoms with Gasteiger partial charge in [0.05, 0.1) is 48.0 Å². The lowest BCUT2D eigenvalue weighted by Crippen LogP contribution is -2.35. The summed E-state index contributed by atoms with van der Waals surface area (Å²) in [4.78, 5) is 8.60. The Morgan fingerprint density at radius 3 is 2.55 bits per heavy atom. The number of hydrogen-bond acceptors (Lipinski definition) is 9. The third-order valence-electron chi connectivity index (χ3n) is 5.96. The topological polar surface area (TPSA) is 130 Å². The van der Waals surface area contributed by atoms with Crippen molar-refractivity contribution in [2.45, 2.75) is 71.1 Å². The molecule has 2 aromatic heterocycles. The first-order chi connectivity index (χ1) is 18.0. The Labute approximate surface area is 221 Å². The van der Waals surface area contributed by atoms with Crippen molar-refractivity contribution in [1.82, 2.24) is 24.7 Å². The molecule has 0 saturated carbocycles. The number of nitrogens with one attached hydrogen (secondary N) is 1. The van der Waals surface area contributed by atoms with Gasteiger partial charge in [0.25, 0.3) is 0 Å². The molecular weight excluding hydrogens is 515 g/mol. The van der Waals surface area contributed by atoms with Crippen LogP contribution in [0.25, 0.3) is 11.4 Å². The monoisotopic (exact) mass is 548 g/mol. The van der Waals surface area contributed by atoms with Gasteiger partial charge in [-0.2, -0.15) is 0 Å². The molecule has 0 spiro atoms. The number of nitrogens with zero attached hydrogens (tertiary/aromatic N) is 5. The molecule has 0 fully saturated rings. The second-order valence-corrected chi connectivity index (χ2v) is 11.8. The Morgan fingerprint density at radius 1 is 1.13 bits per heavy atom. The molecule has 3 atom stereocenters. The summed E-state index contributed by atoms with van der Waals surface area (Å²) in [5.41, 5.74) is 1.45. The van der Waals surface area contributed by atoms with E-state index in [2.05, 4.69) is 24.9 Å². The van der Waals surface area contributed by atoms with Crippen molar-refractivity contribution in [1.29, 1.82) is 0 Å². The summed E-state index contributed by atoms with van der Waals surface area (Å²) in [5.74, 6) is 0.155. The van der Waals surface area contributed by atoms with Crippen molar-refractivity contribution in [3.63, 3.8) is 0 Å². The molecule has 0 amide bonds. The molecule has 4 rings (SSSR count). The first-order valence-corrected chi connectivity index (χ1v) is 14.0. The van der Waals surface area contributed by atoms with Crippen molar-refractivity contribution in [2.24, 2.45) is 0 Å². The van der Waals surface area contributed by atoms with E-state index in [1.807, 2.05) is 27.7 Å². The van der Waals surface area contributed by atoms with E-state index in [9.17, 15) is 12.8 Å². The van der Waals surface area contributed by atoms with Gasteiger partial charge in [-0.3, -0.25) is 19.3 Å². The summed E-state index contributed by atoms with van der Waals surface area (Å²) < 4.78 is 63.4. The van der Waals surface area contributed by atoms with Crippen LogP contribution in [0.1, 0.15) is 58.2 Å². The molecule has 0 bridgehead atoms. The predicted molar refractivity (Wildman–Crippen MR) is 139 cm³/mol. The number of aryl methyl sites for hydroxylation is 1. The van der Waals surface area contributed by atoms with Gasteiger partial charge in [0, 0.05) is 6.20 Å². The van der Waals surface area contributed by atoms with E-state index in [1.165, 1.54) is 31.3 Å². The van der Waals surface area contributed by atoms with E-state index in [4.69, 9.17) is 14.2 Å². The summed E-state index contributed by atoms with van der Waals surface area (Å²) in [6, 6.07) is 3.60. The number of hydrogen-bond donors (Lipinski definition) is 1. The third-order valence-corrected chi connectivity index (χ3v) is 7.65. The number of halogens is 1. The summed E-state index contributed by atoms with van der Waals surface area (Å²) >= 11 is 0. The zero-order valence-corrected chi connectivity index (χ0v) is 23.1. The molecule has 1 N–H and O–H groups in total. The lowest BCUT2D eigenvalue weighted by Gasteiger charge is -2.26. The van der Waals surface area contributed by atoms with Crippen molar-refractivity contribution < 1.29 is 27.0 Å². The van der Waals surface area contributed by atoms with Gasteiger partial charge in [0.15, 0.2) is 5.82 Å². The highest BCUT2D eigenvalue weighted by molar-refractivity contribution is 7.93. The van der Waals surface area contributed by atoms with E-state index in [0.717, 1.165) is 0 Å². The molecule has 3 aromatic rings. The van der Waals surface area contributed by atoms with Crippen LogP contribution in [0.2, 0.25) is 0 Å². The predicted octanol–water partition coefficient (Wildman–Crippen LogP) is 3.84. The average Bonchev–Trinajstić information content (AvgIpc) is 3.18. The van der Waals surface area contributed by atoms with Crippen LogP contribution in [0.15, 0.2) is 30.6 Å². The normalized spacial score (nSPS) is 16.9. The van der Waals surface area contributed by atoms with Crippen LogP contribution in [0.4, 0.5) is 10.3 Å². The van der Waals surface area contributed by atoms with Crippen LogP contribution in [0.5, 0.6) is 5.75 Å². The average molecular weight is 549 g/mol. The van der Waals surface area contributed by atoms with E-state index in [0.29, 0.717) is 22.7 Å². The second-order valence-electron chi connectivity index (χ2n) is 9.74. The lowest BCUT2D eigenvalue weighted by atomic mass is 10.2. The number of ether oxygens (including phenoxy) is 3. The zero-order valence-electron chi connectivity index (χ0n) is 22.3. The molecule has 3 heterocycles. The Balaban J connectivity index is 1.72. The van der Waals surface area contributed by atoms with Gasteiger partial charge in [0.1, 0.15) is 29.5 Å². The number of anilines is 1. The third kappa shape index (κ3) is 6.11. The Bertz CT molecular complexity index is 1360. The van der Waals surface area contributed by atoms with E-state index in [-0.39, 0.29) is 37.2 Å². The van der Waals surface area contributed by atoms with Crippen molar-refractivity contribution in [2.75, 3.05) is 17.9 Å². The standard InChI is InChI=1S/C25H33FN6O5S/c1-14(2)35-12-19-13-36-22-8-7-18(26)9-20(22)24-29-30-25(32(19)24)31-38(33,34)17(6)23(37-15(3)4)21-11-27-16(5)10-28-21/h7-11,14-15,17,19,23H,12-13H2,1-6H3,(H,30,31)/t17-,19+,23+/m0/s1. The number of aromatic nitrogens is 5. The zero-order chi connectivity index (χ0) is 27.6. The van der Waals surface area contributed by atoms with Gasteiger partial charge in [-0.1, -0.05) is 0 Å². The first kappa shape index (κ1) is 27.9. The molecule has 0 unspecified atom stereocenters. The van der Waals surface area contributed by atoms with Gasteiger partial charge in [-0.05, 0) is 59.7 Å². The maximum Gasteiger partial charge on any atom is 0.240 e. The van der Waals surface area contributed by atoms with Gasteiger partial charge in [-0.15, -0.1) is 10.2 Å². The van der Waals surface area contributed by atoms with Crippen LogP contribution in [-0.2, 0) is 19.5 Å². The molecule has 11 nitrogen and oxygen atoms in total. The molecule has 0 radical (unpaired) electrons. The quantitative estimate of drug-likeness (QED) is 0.402. The van der Waals surface area contributed by atoms with Gasteiger partial charge < -0.3 is 14.2 Å². The SMILES string of the molecule is Cc1cnc([C@H](OC(C)C)[C@H](C)S(=O)(=O)Nc2nnc3n2[C@H](COC(C)C)COc2ccc(F)cc2-3)cn1. The number of benzene rings is 1. The van der Waals surface area contributed by atoms with Crippen LogP contribution in [0, 0.1) is 12.7 Å². The maximum atomic E-state index is 14.2. The second kappa shape index (κ2) is 11.3. The fourth-order valence-electron chi connectivity index (χ4n) is 4.03. The fraction of sp³-hybridized carbons (Fsp3) is 0.520. The van der Waals surface area contributed by atoms with Gasteiger partial charge in [0.2, 0.25) is 16.0 Å². The van der Waals surface area contributed by atoms with Gasteiger partial charge >= 0.3 is 0 Å². The molecule has 1 aliphatic heterocycles. The first-order valence-electron chi connectivity index (χ1n) is 12.4. The highest BCUT2D eigenvalue weighted by Crippen LogP contribution is 2.37. The smallest absolute Gasteiger partial charge is 0.240 e. The van der Waals surface area contributed by atoms with E-state index in [1.54, 1.807) is 17.7 Å². The molecule has 13 heteroatoms. The Morgan fingerprint density at radius 2 is 1.89 bits per heavy atom. The molecule has 206 valence electrons. The van der Waals surface area contributed by atoms with Crippen LogP contribution in [0.3, 0.4) is 0 Å². The molecular formula is C25H33FN6O5S. The molecule has 0 saturated heterocycles. The minimum absolute atomic E-state index is 0.0387. The highest BCUT2D eigenvalue weighted by Gasteiger charge is 2.36.